The monoisotopic (exact) mass is 645 g/mol. The molecule has 17 heteroatoms. The van der Waals surface area contributed by atoms with E-state index in [-0.39, 0.29) is 63.7 Å². The predicted molar refractivity (Wildman–Crippen MR) is 157 cm³/mol. The van der Waals surface area contributed by atoms with Gasteiger partial charge in [0.05, 0.1) is 59.3 Å². The van der Waals surface area contributed by atoms with E-state index in [0.29, 0.717) is 62.9 Å². The summed E-state index contributed by atoms with van der Waals surface area (Å²) < 4.78 is 21.6. The molecule has 2 heterocycles. The second-order valence-electron chi connectivity index (χ2n) is 9.84. The van der Waals surface area contributed by atoms with Crippen LogP contribution >= 0.6 is 0 Å². The number of hydrogen-bond donors (Lipinski definition) is 2. The molecule has 1 aromatic heterocycles. The minimum absolute atomic E-state index is 0.00864. The fourth-order valence-corrected chi connectivity index (χ4v) is 3.75. The van der Waals surface area contributed by atoms with E-state index in [4.69, 9.17) is 23.8 Å². The van der Waals surface area contributed by atoms with Crippen LogP contribution < -0.4 is 10.6 Å². The molecule has 2 N–H and O–H groups in total. The standard InChI is InChI=1S/C29H39N7O10/c1-21-32-34-29(35-33-21)23-4-2-22(3-5-23)20-31-25(38)10-12-42-14-16-44-18-19-45-17-15-43-13-11-30-24(37)6-9-28(41)46-36-26(39)7-8-27(36)40/h2-5H,6-20H2,1H3,(H,30,37)(H,31,38). The zero-order valence-corrected chi connectivity index (χ0v) is 25.7. The van der Waals surface area contributed by atoms with Crippen molar-refractivity contribution in [2.45, 2.75) is 45.6 Å². The number of nitrogens with one attached hydrogen (secondary N) is 2. The normalized spacial score (nSPS) is 12.8. The quantitative estimate of drug-likeness (QED) is 0.126. The minimum Gasteiger partial charge on any atom is -0.379 e. The molecule has 1 aliphatic heterocycles. The van der Waals surface area contributed by atoms with Crippen molar-refractivity contribution >= 4 is 29.6 Å². The first-order valence-electron chi connectivity index (χ1n) is 14.9. The number of amides is 4. The van der Waals surface area contributed by atoms with E-state index in [1.807, 2.05) is 24.3 Å². The topological polar surface area (TPSA) is 210 Å². The van der Waals surface area contributed by atoms with Crippen molar-refractivity contribution in [1.82, 2.24) is 36.1 Å². The van der Waals surface area contributed by atoms with Crippen LogP contribution in [0.1, 0.15) is 43.5 Å². The van der Waals surface area contributed by atoms with Crippen molar-refractivity contribution in [2.24, 2.45) is 0 Å². The van der Waals surface area contributed by atoms with Gasteiger partial charge >= 0.3 is 5.97 Å². The van der Waals surface area contributed by atoms with Crippen LogP contribution in [0.5, 0.6) is 0 Å². The Labute approximate surface area is 265 Å². The number of ether oxygens (including phenoxy) is 4. The number of carbonyl (C=O) groups is 5. The number of rotatable bonds is 22. The van der Waals surface area contributed by atoms with Gasteiger partial charge in [0.1, 0.15) is 0 Å². The molecule has 0 radical (unpaired) electrons. The lowest BCUT2D eigenvalue weighted by Gasteiger charge is -2.12. The van der Waals surface area contributed by atoms with Crippen LogP contribution in [0.15, 0.2) is 24.3 Å². The summed E-state index contributed by atoms with van der Waals surface area (Å²) in [7, 11) is 0. The Bertz CT molecular complexity index is 1260. The summed E-state index contributed by atoms with van der Waals surface area (Å²) in [4.78, 5) is 63.1. The average Bonchev–Trinajstić information content (AvgIpc) is 3.37. The molecule has 0 unspecified atom stereocenters. The lowest BCUT2D eigenvalue weighted by molar-refractivity contribution is -0.197. The van der Waals surface area contributed by atoms with E-state index in [9.17, 15) is 24.0 Å². The molecule has 1 aliphatic rings. The summed E-state index contributed by atoms with van der Waals surface area (Å²) in [6.07, 6.45) is -0.148. The number of nitrogens with zero attached hydrogens (tertiary/aromatic N) is 5. The highest BCUT2D eigenvalue weighted by Crippen LogP contribution is 2.14. The number of aromatic nitrogens is 4. The second-order valence-corrected chi connectivity index (χ2v) is 9.84. The molecule has 0 saturated carbocycles. The Balaban J connectivity index is 1.05. The molecule has 0 aliphatic carbocycles. The smallest absolute Gasteiger partial charge is 0.333 e. The summed E-state index contributed by atoms with van der Waals surface area (Å²) >= 11 is 0. The lowest BCUT2D eigenvalue weighted by Crippen LogP contribution is -2.33. The van der Waals surface area contributed by atoms with E-state index in [0.717, 1.165) is 11.1 Å². The maximum atomic E-state index is 12.1. The molecule has 250 valence electrons. The van der Waals surface area contributed by atoms with Gasteiger partial charge in [0.2, 0.25) is 17.6 Å². The summed E-state index contributed by atoms with van der Waals surface area (Å²) in [5.41, 5.74) is 1.73. The minimum atomic E-state index is -0.828. The molecule has 2 aromatic rings. The van der Waals surface area contributed by atoms with E-state index >= 15 is 0 Å². The van der Waals surface area contributed by atoms with Gasteiger partial charge in [0.25, 0.3) is 11.8 Å². The first-order chi connectivity index (χ1) is 22.3. The predicted octanol–water partition coefficient (Wildman–Crippen LogP) is -0.182. The molecule has 0 atom stereocenters. The van der Waals surface area contributed by atoms with E-state index in [1.165, 1.54) is 0 Å². The van der Waals surface area contributed by atoms with Gasteiger partial charge in [-0.05, 0) is 12.5 Å². The van der Waals surface area contributed by atoms with Crippen molar-refractivity contribution in [3.05, 3.63) is 35.7 Å². The molecule has 46 heavy (non-hydrogen) atoms. The van der Waals surface area contributed by atoms with Gasteiger partial charge in [0, 0.05) is 44.3 Å². The lowest BCUT2D eigenvalue weighted by atomic mass is 10.1. The molecular weight excluding hydrogens is 606 g/mol. The zero-order chi connectivity index (χ0) is 33.0. The Morgan fingerprint density at radius 3 is 1.85 bits per heavy atom. The van der Waals surface area contributed by atoms with Crippen LogP contribution in [0, 0.1) is 6.92 Å². The van der Waals surface area contributed by atoms with Gasteiger partial charge < -0.3 is 34.4 Å². The maximum absolute atomic E-state index is 12.1. The fourth-order valence-electron chi connectivity index (χ4n) is 3.75. The number of hydrogen-bond acceptors (Lipinski definition) is 14. The summed E-state index contributed by atoms with van der Waals surface area (Å²) in [6, 6.07) is 7.47. The van der Waals surface area contributed by atoms with Crippen molar-refractivity contribution < 1.29 is 47.8 Å². The van der Waals surface area contributed by atoms with E-state index in [1.54, 1.807) is 6.92 Å². The van der Waals surface area contributed by atoms with Gasteiger partial charge in [-0.3, -0.25) is 19.2 Å². The van der Waals surface area contributed by atoms with Crippen LogP contribution in [0.3, 0.4) is 0 Å². The molecule has 1 saturated heterocycles. The first kappa shape index (κ1) is 36.0. The largest absolute Gasteiger partial charge is 0.379 e. The number of carbonyl (C=O) groups excluding carboxylic acids is 5. The van der Waals surface area contributed by atoms with E-state index < -0.39 is 17.8 Å². The molecule has 4 amide bonds. The van der Waals surface area contributed by atoms with Crippen LogP contribution in [0.2, 0.25) is 0 Å². The van der Waals surface area contributed by atoms with Crippen LogP contribution in [-0.2, 0) is 54.3 Å². The number of imide groups is 1. The third-order valence-electron chi connectivity index (χ3n) is 6.19. The SMILES string of the molecule is Cc1nnc(-c2ccc(CNC(=O)CCOCCOCCOCCOCCNC(=O)CCC(=O)ON3C(=O)CCC3=O)cc2)nn1. The van der Waals surface area contributed by atoms with Gasteiger partial charge in [-0.25, -0.2) is 4.79 Å². The van der Waals surface area contributed by atoms with Gasteiger partial charge in [-0.15, -0.1) is 25.5 Å². The molecule has 3 rings (SSSR count). The van der Waals surface area contributed by atoms with Gasteiger partial charge in [0.15, 0.2) is 5.82 Å². The van der Waals surface area contributed by atoms with Gasteiger partial charge in [-0.2, -0.15) is 0 Å². The number of benzene rings is 1. The fraction of sp³-hybridized carbons (Fsp3) is 0.552. The van der Waals surface area contributed by atoms with Crippen molar-refractivity contribution in [2.75, 3.05) is 59.4 Å². The molecule has 1 aromatic carbocycles. The Hall–Kier alpha value is -4.45. The molecule has 17 nitrogen and oxygen atoms in total. The Morgan fingerprint density at radius 1 is 0.696 bits per heavy atom. The molecule has 0 spiro atoms. The average molecular weight is 646 g/mol. The van der Waals surface area contributed by atoms with Crippen molar-refractivity contribution in [3.63, 3.8) is 0 Å². The second kappa shape index (κ2) is 20.6. The van der Waals surface area contributed by atoms with Gasteiger partial charge in [-0.1, -0.05) is 24.3 Å². The number of aryl methyl sites for hydroxylation is 1. The molecular formula is C29H39N7O10. The highest BCUT2D eigenvalue weighted by Gasteiger charge is 2.32. The van der Waals surface area contributed by atoms with Crippen LogP contribution in [0.25, 0.3) is 11.4 Å². The summed E-state index contributed by atoms with van der Waals surface area (Å²) in [5.74, 6) is -1.53. The van der Waals surface area contributed by atoms with Crippen molar-refractivity contribution in [3.8, 4) is 11.4 Å². The van der Waals surface area contributed by atoms with Crippen molar-refractivity contribution in [1.29, 1.82) is 0 Å². The third-order valence-corrected chi connectivity index (χ3v) is 6.19. The highest BCUT2D eigenvalue weighted by molar-refractivity contribution is 6.01. The van der Waals surface area contributed by atoms with Crippen LogP contribution in [-0.4, -0.2) is 114 Å². The summed E-state index contributed by atoms with van der Waals surface area (Å²) in [6.45, 7) is 5.05. The van der Waals surface area contributed by atoms with Crippen LogP contribution in [0.4, 0.5) is 0 Å². The van der Waals surface area contributed by atoms with E-state index in [2.05, 4.69) is 31.0 Å². The highest BCUT2D eigenvalue weighted by atomic mass is 16.7. The summed E-state index contributed by atoms with van der Waals surface area (Å²) in [5, 5.41) is 21.7. The Kier molecular flexibility index (Phi) is 16.1. The molecule has 0 bridgehead atoms. The maximum Gasteiger partial charge on any atom is 0.333 e. The zero-order valence-electron chi connectivity index (χ0n) is 25.7. The third kappa shape index (κ3) is 14.1. The Morgan fingerprint density at radius 2 is 1.24 bits per heavy atom. The first-order valence-corrected chi connectivity index (χ1v) is 14.9. The number of hydroxylamine groups is 2. The molecule has 1 fully saturated rings.